The maximum atomic E-state index is 12.3. The Morgan fingerprint density at radius 2 is 1.92 bits per heavy atom. The maximum Gasteiger partial charge on any atom is 0.326 e. The molecule has 2 atom stereocenters. The van der Waals surface area contributed by atoms with Crippen LogP contribution in [0.4, 0.5) is 0 Å². The van der Waals surface area contributed by atoms with Crippen molar-refractivity contribution in [3.8, 4) is 6.07 Å². The van der Waals surface area contributed by atoms with Crippen molar-refractivity contribution in [2.45, 2.75) is 39.3 Å². The Morgan fingerprint density at radius 1 is 1.25 bits per heavy atom. The second kappa shape index (κ2) is 8.67. The van der Waals surface area contributed by atoms with Crippen molar-refractivity contribution in [3.63, 3.8) is 0 Å². The number of nitrogens with one attached hydrogen (secondary N) is 2. The molecule has 0 aromatic heterocycles. The summed E-state index contributed by atoms with van der Waals surface area (Å²) >= 11 is 0. The second-order valence-corrected chi connectivity index (χ2v) is 5.84. The summed E-state index contributed by atoms with van der Waals surface area (Å²) in [7, 11) is 0. The van der Waals surface area contributed by atoms with Crippen LogP contribution in [0.25, 0.3) is 0 Å². The average Bonchev–Trinajstić information content (AvgIpc) is 2.51. The highest BCUT2D eigenvalue weighted by Gasteiger charge is 2.28. The first-order chi connectivity index (χ1) is 11.2. The number of carbonyl (C=O) groups excluding carboxylic acids is 2. The minimum absolute atomic E-state index is 0.0431. The van der Waals surface area contributed by atoms with Gasteiger partial charge < -0.3 is 15.7 Å². The fraction of sp³-hybridized carbons (Fsp3) is 0.412. The molecule has 7 nitrogen and oxygen atoms in total. The lowest BCUT2D eigenvalue weighted by molar-refractivity contribution is -0.142. The number of carboxylic acid groups (broad SMARTS) is 1. The Hall–Kier alpha value is -2.88. The Bertz CT molecular complexity index is 664. The number of carboxylic acids is 1. The second-order valence-electron chi connectivity index (χ2n) is 5.84. The van der Waals surface area contributed by atoms with E-state index < -0.39 is 24.0 Å². The lowest BCUT2D eigenvalue weighted by Crippen LogP contribution is -2.53. The smallest absolute Gasteiger partial charge is 0.326 e. The number of amides is 2. The van der Waals surface area contributed by atoms with E-state index in [-0.39, 0.29) is 18.2 Å². The number of carbonyl (C=O) groups is 3. The van der Waals surface area contributed by atoms with Gasteiger partial charge in [-0.05, 0) is 23.6 Å². The quantitative estimate of drug-likeness (QED) is 0.684. The van der Waals surface area contributed by atoms with Crippen LogP contribution in [-0.4, -0.2) is 35.0 Å². The summed E-state index contributed by atoms with van der Waals surface area (Å²) in [5.41, 5.74) is 1.05. The van der Waals surface area contributed by atoms with Crippen molar-refractivity contribution < 1.29 is 19.5 Å². The van der Waals surface area contributed by atoms with E-state index >= 15 is 0 Å². The lowest BCUT2D eigenvalue weighted by Gasteiger charge is -2.23. The summed E-state index contributed by atoms with van der Waals surface area (Å²) < 4.78 is 0. The van der Waals surface area contributed by atoms with Gasteiger partial charge in [0.2, 0.25) is 11.8 Å². The van der Waals surface area contributed by atoms with Crippen molar-refractivity contribution in [2.75, 3.05) is 0 Å². The van der Waals surface area contributed by atoms with Crippen molar-refractivity contribution in [3.05, 3.63) is 35.4 Å². The van der Waals surface area contributed by atoms with Crippen molar-refractivity contribution in [1.82, 2.24) is 10.6 Å². The molecule has 1 aromatic carbocycles. The van der Waals surface area contributed by atoms with Gasteiger partial charge >= 0.3 is 5.97 Å². The van der Waals surface area contributed by atoms with Crippen LogP contribution in [0.5, 0.6) is 0 Å². The van der Waals surface area contributed by atoms with Crippen LogP contribution >= 0.6 is 0 Å². The van der Waals surface area contributed by atoms with Gasteiger partial charge in [0.05, 0.1) is 11.6 Å². The van der Waals surface area contributed by atoms with Crippen LogP contribution in [0.1, 0.15) is 31.9 Å². The molecule has 0 spiro atoms. The molecule has 0 bridgehead atoms. The number of nitrogens with zero attached hydrogens (tertiary/aromatic N) is 1. The molecule has 0 aliphatic carbocycles. The van der Waals surface area contributed by atoms with Gasteiger partial charge in [-0.3, -0.25) is 9.59 Å². The first-order valence-electron chi connectivity index (χ1n) is 7.54. The van der Waals surface area contributed by atoms with E-state index in [1.54, 1.807) is 38.1 Å². The topological polar surface area (TPSA) is 119 Å². The van der Waals surface area contributed by atoms with E-state index in [0.29, 0.717) is 11.1 Å². The van der Waals surface area contributed by atoms with Gasteiger partial charge in [0, 0.05) is 13.3 Å². The van der Waals surface area contributed by atoms with Crippen molar-refractivity contribution in [2.24, 2.45) is 5.92 Å². The van der Waals surface area contributed by atoms with Crippen LogP contribution in [0.3, 0.4) is 0 Å². The van der Waals surface area contributed by atoms with Crippen LogP contribution in [0, 0.1) is 17.2 Å². The molecule has 0 unspecified atom stereocenters. The molecule has 0 saturated heterocycles. The standard InChI is InChI=1S/C17H21N3O4/c1-10(2)15(19-11(3)21)16(22)20-14(17(23)24)8-12-5-4-6-13(7-12)9-18/h4-7,10,14-15H,8H2,1-3H3,(H,19,21)(H,20,22)(H,23,24)/t14-,15-/m1/s1. The summed E-state index contributed by atoms with van der Waals surface area (Å²) in [5, 5.41) is 23.2. The van der Waals surface area contributed by atoms with Crippen LogP contribution < -0.4 is 10.6 Å². The molecule has 0 heterocycles. The third-order valence-corrected chi connectivity index (χ3v) is 3.42. The molecule has 2 amide bonds. The first-order valence-corrected chi connectivity index (χ1v) is 7.54. The zero-order valence-corrected chi connectivity index (χ0v) is 13.9. The average molecular weight is 331 g/mol. The monoisotopic (exact) mass is 331 g/mol. The van der Waals surface area contributed by atoms with E-state index in [0.717, 1.165) is 0 Å². The highest BCUT2D eigenvalue weighted by molar-refractivity contribution is 5.90. The minimum atomic E-state index is -1.18. The Labute approximate surface area is 140 Å². The molecule has 7 heteroatoms. The summed E-state index contributed by atoms with van der Waals surface area (Å²) in [5.74, 6) is -2.29. The number of nitriles is 1. The summed E-state index contributed by atoms with van der Waals surface area (Å²) in [6.45, 7) is 4.81. The number of hydrogen-bond donors (Lipinski definition) is 3. The van der Waals surface area contributed by atoms with Gasteiger partial charge in [0.1, 0.15) is 12.1 Å². The molecular weight excluding hydrogens is 310 g/mol. The fourth-order valence-electron chi connectivity index (χ4n) is 2.22. The highest BCUT2D eigenvalue weighted by atomic mass is 16.4. The SMILES string of the molecule is CC(=O)N[C@@H](C(=O)N[C@H](Cc1cccc(C#N)c1)C(=O)O)C(C)C. The Morgan fingerprint density at radius 3 is 2.42 bits per heavy atom. The molecule has 3 N–H and O–H groups in total. The molecule has 128 valence electrons. The number of rotatable bonds is 7. The third kappa shape index (κ3) is 5.72. The van der Waals surface area contributed by atoms with Crippen LogP contribution in [0.2, 0.25) is 0 Å². The molecule has 1 rings (SSSR count). The van der Waals surface area contributed by atoms with Crippen LogP contribution in [0.15, 0.2) is 24.3 Å². The van der Waals surface area contributed by atoms with Gasteiger partial charge in [-0.1, -0.05) is 26.0 Å². The van der Waals surface area contributed by atoms with E-state index in [1.165, 1.54) is 6.92 Å². The molecule has 24 heavy (non-hydrogen) atoms. The third-order valence-electron chi connectivity index (χ3n) is 3.42. The molecule has 0 aliphatic rings. The van der Waals surface area contributed by atoms with E-state index in [1.807, 2.05) is 6.07 Å². The molecule has 0 fully saturated rings. The number of aliphatic carboxylic acids is 1. The first kappa shape index (κ1) is 19.2. The summed E-state index contributed by atoms with van der Waals surface area (Å²) in [6.07, 6.45) is 0.0431. The Balaban J connectivity index is 2.88. The lowest BCUT2D eigenvalue weighted by atomic mass is 10.0. The van der Waals surface area contributed by atoms with Crippen molar-refractivity contribution in [1.29, 1.82) is 5.26 Å². The molecule has 0 aliphatic heterocycles. The highest BCUT2D eigenvalue weighted by Crippen LogP contribution is 2.09. The zero-order chi connectivity index (χ0) is 18.3. The zero-order valence-electron chi connectivity index (χ0n) is 13.9. The minimum Gasteiger partial charge on any atom is -0.480 e. The van der Waals surface area contributed by atoms with Crippen molar-refractivity contribution >= 4 is 17.8 Å². The van der Waals surface area contributed by atoms with E-state index in [9.17, 15) is 19.5 Å². The normalized spacial score (nSPS) is 12.8. The van der Waals surface area contributed by atoms with Gasteiger partial charge in [-0.25, -0.2) is 4.79 Å². The molecular formula is C17H21N3O4. The predicted octanol–water partition coefficient (Wildman–Crippen LogP) is 0.831. The predicted molar refractivity (Wildman–Crippen MR) is 86.9 cm³/mol. The largest absolute Gasteiger partial charge is 0.480 e. The van der Waals surface area contributed by atoms with Gasteiger partial charge in [0.25, 0.3) is 0 Å². The van der Waals surface area contributed by atoms with Gasteiger partial charge in [-0.15, -0.1) is 0 Å². The number of hydrogen-bond acceptors (Lipinski definition) is 4. The molecule has 0 radical (unpaired) electrons. The van der Waals surface area contributed by atoms with Gasteiger partial charge in [-0.2, -0.15) is 5.26 Å². The summed E-state index contributed by atoms with van der Waals surface area (Å²) in [4.78, 5) is 35.0. The Kier molecular flexibility index (Phi) is 6.93. The number of benzene rings is 1. The maximum absolute atomic E-state index is 12.3. The van der Waals surface area contributed by atoms with E-state index in [2.05, 4.69) is 10.6 Å². The van der Waals surface area contributed by atoms with Gasteiger partial charge in [0.15, 0.2) is 0 Å². The molecule has 1 aromatic rings. The van der Waals surface area contributed by atoms with E-state index in [4.69, 9.17) is 5.26 Å². The summed E-state index contributed by atoms with van der Waals surface area (Å²) in [6, 6.07) is 6.56. The molecule has 0 saturated carbocycles. The van der Waals surface area contributed by atoms with Crippen LogP contribution in [-0.2, 0) is 20.8 Å². The fourth-order valence-corrected chi connectivity index (χ4v) is 2.22.